The average Bonchev–Trinajstić information content (AvgIpc) is 3.15. The molecule has 0 bridgehead atoms. The van der Waals surface area contributed by atoms with Gasteiger partial charge in [-0.25, -0.2) is 13.2 Å². The summed E-state index contributed by atoms with van der Waals surface area (Å²) in [6.07, 6.45) is 2.80. The van der Waals surface area contributed by atoms with E-state index in [-0.39, 0.29) is 30.0 Å². The van der Waals surface area contributed by atoms with E-state index in [9.17, 15) is 4.39 Å². The van der Waals surface area contributed by atoms with Gasteiger partial charge >= 0.3 is 0 Å². The van der Waals surface area contributed by atoms with E-state index >= 15 is 8.78 Å². The molecule has 0 spiro atoms. The van der Waals surface area contributed by atoms with Crippen molar-refractivity contribution in [2.45, 2.75) is 70.8 Å². The fourth-order valence-corrected chi connectivity index (χ4v) is 5.71. The predicted octanol–water partition coefficient (Wildman–Crippen LogP) is 6.39. The van der Waals surface area contributed by atoms with Crippen molar-refractivity contribution in [3.63, 3.8) is 0 Å². The van der Waals surface area contributed by atoms with Crippen molar-refractivity contribution in [2.24, 2.45) is 0 Å². The lowest BCUT2D eigenvalue weighted by Gasteiger charge is -2.43. The molecule has 36 heavy (non-hydrogen) atoms. The lowest BCUT2D eigenvalue weighted by Crippen LogP contribution is -2.53. The predicted molar refractivity (Wildman–Crippen MR) is 137 cm³/mol. The Bertz CT molecular complexity index is 1230. The summed E-state index contributed by atoms with van der Waals surface area (Å²) in [7, 11) is 0. The van der Waals surface area contributed by atoms with E-state index in [1.807, 2.05) is 36.1 Å². The number of H-pyrrole nitrogens is 1. The second kappa shape index (κ2) is 9.75. The van der Waals surface area contributed by atoms with Gasteiger partial charge in [-0.1, -0.05) is 31.5 Å². The van der Waals surface area contributed by atoms with E-state index in [1.165, 1.54) is 26.0 Å². The lowest BCUT2D eigenvalue weighted by molar-refractivity contribution is 0.0167. The van der Waals surface area contributed by atoms with Crippen LogP contribution in [0.4, 0.5) is 13.2 Å². The third-order valence-corrected chi connectivity index (χ3v) is 7.47. The molecule has 2 aliphatic rings. The summed E-state index contributed by atoms with van der Waals surface area (Å²) < 4.78 is 51.8. The number of unbranched alkanes of at least 4 members (excludes halogenated alkanes) is 1. The van der Waals surface area contributed by atoms with Crippen molar-refractivity contribution in [3.8, 4) is 5.75 Å². The summed E-state index contributed by atoms with van der Waals surface area (Å²) in [4.78, 5) is 7.65. The van der Waals surface area contributed by atoms with Crippen LogP contribution in [0.15, 0.2) is 36.4 Å². The maximum atomic E-state index is 15.7. The Morgan fingerprint density at radius 2 is 1.86 bits per heavy atom. The largest absolute Gasteiger partial charge is 0.485 e. The molecule has 2 aromatic carbocycles. The number of para-hydroxylation sites is 1. The number of aromatic nitrogens is 1. The zero-order valence-corrected chi connectivity index (χ0v) is 21.6. The van der Waals surface area contributed by atoms with Crippen LogP contribution in [-0.4, -0.2) is 58.8 Å². The van der Waals surface area contributed by atoms with Gasteiger partial charge in [0.25, 0.3) is 0 Å². The van der Waals surface area contributed by atoms with Crippen molar-refractivity contribution in [2.75, 3.05) is 26.2 Å². The smallest absolute Gasteiger partial charge is 0.165 e. The number of halogens is 3. The molecule has 0 unspecified atom stereocenters. The third kappa shape index (κ3) is 4.88. The highest BCUT2D eigenvalue weighted by atomic mass is 19.1. The molecule has 3 heterocycles. The van der Waals surface area contributed by atoms with Crippen LogP contribution in [0.25, 0.3) is 10.9 Å². The van der Waals surface area contributed by atoms with Crippen LogP contribution in [0.3, 0.4) is 0 Å². The van der Waals surface area contributed by atoms with Gasteiger partial charge in [-0.2, -0.15) is 0 Å². The second-order valence-corrected chi connectivity index (χ2v) is 11.1. The molecule has 5 rings (SSSR count). The van der Waals surface area contributed by atoms with E-state index < -0.39 is 23.3 Å². The van der Waals surface area contributed by atoms with Crippen molar-refractivity contribution in [1.82, 2.24) is 14.8 Å². The van der Waals surface area contributed by atoms with Gasteiger partial charge in [0.2, 0.25) is 0 Å². The van der Waals surface area contributed by atoms with E-state index in [1.54, 1.807) is 0 Å². The molecule has 2 aliphatic heterocycles. The third-order valence-electron chi connectivity index (χ3n) is 7.47. The van der Waals surface area contributed by atoms with Gasteiger partial charge in [-0.05, 0) is 57.9 Å². The monoisotopic (exact) mass is 499 g/mol. The van der Waals surface area contributed by atoms with Gasteiger partial charge in [0.05, 0.1) is 6.04 Å². The molecule has 3 aromatic rings. The SMILES string of the molecule is CCCCN1CC(Oc2cc(F)c([C@@H]3c4[nH]c5ccccc5c4C[C@@H](C)N3CC(C)(C)F)cc2F)C1. The fraction of sp³-hybridized carbons (Fsp3) is 0.517. The normalized spacial score (nSPS) is 21.5. The molecule has 4 nitrogen and oxygen atoms in total. The molecule has 1 fully saturated rings. The summed E-state index contributed by atoms with van der Waals surface area (Å²) in [5.41, 5.74) is 1.53. The lowest BCUT2D eigenvalue weighted by atomic mass is 9.87. The minimum absolute atomic E-state index is 0.0563. The van der Waals surface area contributed by atoms with Crippen LogP contribution in [0.5, 0.6) is 5.75 Å². The van der Waals surface area contributed by atoms with E-state index in [4.69, 9.17) is 4.74 Å². The summed E-state index contributed by atoms with van der Waals surface area (Å²) in [6, 6.07) is 9.66. The van der Waals surface area contributed by atoms with Crippen LogP contribution in [0, 0.1) is 11.6 Å². The fourth-order valence-electron chi connectivity index (χ4n) is 5.71. The minimum Gasteiger partial charge on any atom is -0.485 e. The van der Waals surface area contributed by atoms with Crippen LogP contribution in [-0.2, 0) is 6.42 Å². The molecular formula is C29H36F3N3O. The molecule has 0 saturated carbocycles. The number of likely N-dealkylation sites (tertiary alicyclic amines) is 1. The summed E-state index contributed by atoms with van der Waals surface area (Å²) in [6.45, 7) is 9.76. The molecule has 1 aromatic heterocycles. The number of nitrogens with one attached hydrogen (secondary N) is 1. The number of hydrogen-bond donors (Lipinski definition) is 1. The first-order valence-corrected chi connectivity index (χ1v) is 13.1. The summed E-state index contributed by atoms with van der Waals surface area (Å²) >= 11 is 0. The maximum absolute atomic E-state index is 15.7. The van der Waals surface area contributed by atoms with Gasteiger partial charge < -0.3 is 9.72 Å². The van der Waals surface area contributed by atoms with Crippen molar-refractivity contribution in [3.05, 3.63) is 64.9 Å². The average molecular weight is 500 g/mol. The number of aromatic amines is 1. The zero-order chi connectivity index (χ0) is 25.6. The van der Waals surface area contributed by atoms with Gasteiger partial charge in [-0.3, -0.25) is 9.80 Å². The van der Waals surface area contributed by atoms with Gasteiger partial charge in [0, 0.05) is 53.9 Å². The molecule has 0 amide bonds. The molecule has 7 heteroatoms. The summed E-state index contributed by atoms with van der Waals surface area (Å²) in [5, 5.41) is 1.07. The Labute approximate surface area is 211 Å². The molecule has 194 valence electrons. The van der Waals surface area contributed by atoms with Crippen molar-refractivity contribution >= 4 is 10.9 Å². The Hall–Kier alpha value is -2.51. The molecule has 0 radical (unpaired) electrons. The van der Waals surface area contributed by atoms with E-state index in [0.717, 1.165) is 54.6 Å². The first-order valence-electron chi connectivity index (χ1n) is 13.1. The molecule has 2 atom stereocenters. The van der Waals surface area contributed by atoms with Crippen molar-refractivity contribution in [1.29, 1.82) is 0 Å². The molecule has 1 N–H and O–H groups in total. The number of hydrogen-bond acceptors (Lipinski definition) is 3. The van der Waals surface area contributed by atoms with Gasteiger partial charge in [0.15, 0.2) is 11.6 Å². The Morgan fingerprint density at radius 3 is 2.58 bits per heavy atom. The van der Waals surface area contributed by atoms with Crippen LogP contribution >= 0.6 is 0 Å². The van der Waals surface area contributed by atoms with Crippen LogP contribution < -0.4 is 4.74 Å². The minimum atomic E-state index is -1.50. The Morgan fingerprint density at radius 1 is 1.11 bits per heavy atom. The van der Waals surface area contributed by atoms with Gasteiger partial charge in [-0.15, -0.1) is 0 Å². The highest BCUT2D eigenvalue weighted by Crippen LogP contribution is 2.43. The van der Waals surface area contributed by atoms with Gasteiger partial charge in [0.1, 0.15) is 17.6 Å². The van der Waals surface area contributed by atoms with E-state index in [0.29, 0.717) is 6.42 Å². The highest BCUT2D eigenvalue weighted by molar-refractivity contribution is 5.85. The van der Waals surface area contributed by atoms with Crippen LogP contribution in [0.2, 0.25) is 0 Å². The number of alkyl halides is 1. The number of nitrogens with zero attached hydrogens (tertiary/aromatic N) is 2. The number of ether oxygens (including phenoxy) is 1. The standard InChI is InChI=1S/C29H36F3N3O/c1-5-6-11-34-15-19(16-34)36-26-14-23(30)22(13-24(26)31)28-27-21(20-9-7-8-10-25(20)33-27)12-18(2)35(28)17-29(3,4)32/h7-10,13-14,18-19,28,33H,5-6,11-12,15-17H2,1-4H3/t18-,28-/m1/s1. The van der Waals surface area contributed by atoms with E-state index in [2.05, 4.69) is 16.8 Å². The highest BCUT2D eigenvalue weighted by Gasteiger charge is 2.40. The molecular weight excluding hydrogens is 463 g/mol. The zero-order valence-electron chi connectivity index (χ0n) is 21.6. The molecule has 1 saturated heterocycles. The topological polar surface area (TPSA) is 31.5 Å². The van der Waals surface area contributed by atoms with Crippen LogP contribution in [0.1, 0.15) is 63.4 Å². The Balaban J connectivity index is 1.49. The number of rotatable bonds is 8. The first-order chi connectivity index (χ1) is 17.1. The number of benzene rings is 2. The maximum Gasteiger partial charge on any atom is 0.165 e. The van der Waals surface area contributed by atoms with Crippen molar-refractivity contribution < 1.29 is 17.9 Å². The quantitative estimate of drug-likeness (QED) is 0.390. The number of fused-ring (bicyclic) bond motifs is 3. The summed E-state index contributed by atoms with van der Waals surface area (Å²) in [5.74, 6) is -1.19. The first kappa shape index (κ1) is 25.2. The second-order valence-electron chi connectivity index (χ2n) is 11.1. The Kier molecular flexibility index (Phi) is 6.81. The molecule has 0 aliphatic carbocycles.